The lowest BCUT2D eigenvalue weighted by molar-refractivity contribution is -0.147. The van der Waals surface area contributed by atoms with Gasteiger partial charge in [-0.25, -0.2) is 4.57 Å². The van der Waals surface area contributed by atoms with Crippen LogP contribution in [0.4, 0.5) is 0 Å². The second-order valence-corrected chi connectivity index (χ2v) is 10.8. The largest absolute Gasteiger partial charge is 0.472 e. The quantitative estimate of drug-likeness (QED) is 0.0438. The number of phosphoric acid groups is 1. The molecule has 0 aliphatic rings. The molecule has 2 atom stereocenters. The van der Waals surface area contributed by atoms with E-state index in [4.69, 9.17) is 13.8 Å². The Morgan fingerprint density at radius 3 is 1.95 bits per heavy atom. The van der Waals surface area contributed by atoms with Gasteiger partial charge in [-0.05, 0) is 51.4 Å². The number of hydrogen-bond donors (Lipinski definition) is 3. The number of ether oxygens (including phenoxy) is 1. The number of rotatable bonds is 26. The van der Waals surface area contributed by atoms with E-state index in [0.29, 0.717) is 19.3 Å². The third-order valence-corrected chi connectivity index (χ3v) is 6.45. The number of carbonyl (C=O) groups is 2. The smallest absolute Gasteiger partial charge is 0.463 e. The van der Waals surface area contributed by atoms with Gasteiger partial charge in [-0.1, -0.05) is 87.4 Å². The average molecular weight is 598 g/mol. The van der Waals surface area contributed by atoms with Crippen LogP contribution in [0.15, 0.2) is 60.8 Å². The molecule has 0 heterocycles. The first-order valence-corrected chi connectivity index (χ1v) is 16.3. The van der Waals surface area contributed by atoms with Crippen molar-refractivity contribution in [2.45, 2.75) is 97.0 Å². The SMILES string of the molecule is CC/C=C\C/C=C\C/C=C\C/C=C\C/C=C\CCCC(=O)NCCOP(=O)(O)OCC(O)COC(=O)CCCCC. The van der Waals surface area contributed by atoms with Gasteiger partial charge in [-0.15, -0.1) is 0 Å². The van der Waals surface area contributed by atoms with Crippen LogP contribution in [0.1, 0.15) is 90.9 Å². The van der Waals surface area contributed by atoms with Gasteiger partial charge in [0.05, 0.1) is 13.2 Å². The summed E-state index contributed by atoms with van der Waals surface area (Å²) in [5, 5.41) is 12.4. The summed E-state index contributed by atoms with van der Waals surface area (Å²) in [4.78, 5) is 33.1. The Hall–Kier alpha value is -2.29. The van der Waals surface area contributed by atoms with Crippen molar-refractivity contribution in [2.24, 2.45) is 0 Å². The molecule has 0 spiro atoms. The molecule has 0 bridgehead atoms. The lowest BCUT2D eigenvalue weighted by atomic mass is 10.2. The fourth-order valence-electron chi connectivity index (χ4n) is 3.24. The van der Waals surface area contributed by atoms with Crippen LogP contribution in [-0.4, -0.2) is 54.3 Å². The van der Waals surface area contributed by atoms with E-state index in [1.165, 1.54) is 0 Å². The number of hydrogen-bond acceptors (Lipinski definition) is 7. The second-order valence-electron chi connectivity index (χ2n) is 9.34. The standard InChI is InChI=1S/C31H52NO8P/c1-3-5-7-8-9-10-11-12-13-14-15-16-17-18-19-20-22-23-30(34)32-25-26-39-41(36,37)40-28-29(33)27-38-31(35)24-21-6-4-2/h5,7,9-10,12-13,15-16,18-19,29,33H,3-4,6,8,11,14,17,20-28H2,1-2H3,(H,32,34)(H,36,37)/b7-5-,10-9-,13-12-,16-15-,19-18-. The van der Waals surface area contributed by atoms with Crippen molar-refractivity contribution in [2.75, 3.05) is 26.4 Å². The molecular formula is C31H52NO8P. The van der Waals surface area contributed by atoms with E-state index in [2.05, 4.69) is 73.0 Å². The number of unbranched alkanes of at least 4 members (excludes halogenated alkanes) is 3. The maximum atomic E-state index is 11.9. The predicted octanol–water partition coefficient (Wildman–Crippen LogP) is 6.64. The van der Waals surface area contributed by atoms with Crippen LogP contribution in [0, 0.1) is 0 Å². The van der Waals surface area contributed by atoms with E-state index in [-0.39, 0.29) is 32.1 Å². The highest BCUT2D eigenvalue weighted by Gasteiger charge is 2.23. The summed E-state index contributed by atoms with van der Waals surface area (Å²) in [6.07, 6.45) is 29.6. The second kappa shape index (κ2) is 27.9. The predicted molar refractivity (Wildman–Crippen MR) is 164 cm³/mol. The normalized spacial score (nSPS) is 14.5. The van der Waals surface area contributed by atoms with Crippen molar-refractivity contribution in [3.63, 3.8) is 0 Å². The van der Waals surface area contributed by atoms with Crippen LogP contribution in [0.2, 0.25) is 0 Å². The number of phosphoric ester groups is 1. The molecule has 0 saturated heterocycles. The van der Waals surface area contributed by atoms with Crippen LogP contribution < -0.4 is 5.32 Å². The van der Waals surface area contributed by atoms with Gasteiger partial charge in [0.15, 0.2) is 0 Å². The number of amides is 1. The zero-order valence-electron chi connectivity index (χ0n) is 25.0. The number of aliphatic hydroxyl groups excluding tert-OH is 1. The molecule has 0 aromatic rings. The molecule has 41 heavy (non-hydrogen) atoms. The van der Waals surface area contributed by atoms with Crippen LogP contribution in [0.25, 0.3) is 0 Å². The van der Waals surface area contributed by atoms with Crippen LogP contribution in [0.5, 0.6) is 0 Å². The lowest BCUT2D eigenvalue weighted by Crippen LogP contribution is -2.27. The minimum absolute atomic E-state index is 0.0480. The van der Waals surface area contributed by atoms with E-state index in [1.807, 2.05) is 6.92 Å². The molecular weight excluding hydrogens is 545 g/mol. The van der Waals surface area contributed by atoms with Gasteiger partial charge in [-0.2, -0.15) is 0 Å². The summed E-state index contributed by atoms with van der Waals surface area (Å²) >= 11 is 0. The average Bonchev–Trinajstić information content (AvgIpc) is 2.95. The molecule has 0 aliphatic carbocycles. The van der Waals surface area contributed by atoms with Crippen molar-refractivity contribution < 1.29 is 37.9 Å². The molecule has 234 valence electrons. The zero-order valence-corrected chi connectivity index (χ0v) is 25.9. The lowest BCUT2D eigenvalue weighted by Gasteiger charge is -2.15. The molecule has 0 saturated carbocycles. The Kier molecular flexibility index (Phi) is 26.3. The van der Waals surface area contributed by atoms with E-state index in [9.17, 15) is 24.2 Å². The molecule has 0 rings (SSSR count). The summed E-state index contributed by atoms with van der Waals surface area (Å²) in [5.74, 6) is -0.611. The van der Waals surface area contributed by atoms with E-state index in [0.717, 1.165) is 51.4 Å². The summed E-state index contributed by atoms with van der Waals surface area (Å²) < 4.78 is 26.3. The minimum Gasteiger partial charge on any atom is -0.463 e. The van der Waals surface area contributed by atoms with Gasteiger partial charge in [0, 0.05) is 19.4 Å². The minimum atomic E-state index is -4.41. The molecule has 2 unspecified atom stereocenters. The van der Waals surface area contributed by atoms with E-state index < -0.39 is 26.5 Å². The number of esters is 1. The number of nitrogens with one attached hydrogen (secondary N) is 1. The van der Waals surface area contributed by atoms with Gasteiger partial charge >= 0.3 is 13.8 Å². The number of aliphatic hydroxyl groups is 1. The summed E-state index contributed by atoms with van der Waals surface area (Å²) in [7, 11) is -4.41. The molecule has 3 N–H and O–H groups in total. The molecule has 1 amide bonds. The fraction of sp³-hybridized carbons (Fsp3) is 0.613. The summed E-state index contributed by atoms with van der Waals surface area (Å²) in [6, 6.07) is 0. The Balaban J connectivity index is 3.76. The van der Waals surface area contributed by atoms with Crippen LogP contribution >= 0.6 is 7.82 Å². The van der Waals surface area contributed by atoms with Crippen molar-refractivity contribution in [3.8, 4) is 0 Å². The highest BCUT2D eigenvalue weighted by atomic mass is 31.2. The summed E-state index contributed by atoms with van der Waals surface area (Å²) in [6.45, 7) is 3.11. The maximum absolute atomic E-state index is 11.9. The molecule has 10 heteroatoms. The first-order valence-electron chi connectivity index (χ1n) is 14.8. The fourth-order valence-corrected chi connectivity index (χ4v) is 3.99. The highest BCUT2D eigenvalue weighted by Crippen LogP contribution is 2.42. The van der Waals surface area contributed by atoms with Gasteiger partial charge in [-0.3, -0.25) is 18.6 Å². The maximum Gasteiger partial charge on any atom is 0.472 e. The molecule has 0 radical (unpaired) electrons. The van der Waals surface area contributed by atoms with Crippen LogP contribution in [-0.2, 0) is 27.9 Å². The third kappa shape index (κ3) is 29.0. The molecule has 9 nitrogen and oxygen atoms in total. The van der Waals surface area contributed by atoms with Crippen molar-refractivity contribution in [1.82, 2.24) is 5.32 Å². The van der Waals surface area contributed by atoms with Crippen molar-refractivity contribution in [3.05, 3.63) is 60.8 Å². The summed E-state index contributed by atoms with van der Waals surface area (Å²) in [5.41, 5.74) is 0. The third-order valence-electron chi connectivity index (χ3n) is 5.46. The monoisotopic (exact) mass is 597 g/mol. The van der Waals surface area contributed by atoms with E-state index >= 15 is 0 Å². The van der Waals surface area contributed by atoms with Gasteiger partial charge < -0.3 is 20.1 Å². The Morgan fingerprint density at radius 2 is 1.37 bits per heavy atom. The number of allylic oxidation sites excluding steroid dienone is 10. The van der Waals surface area contributed by atoms with Gasteiger partial charge in [0.25, 0.3) is 0 Å². The molecule has 0 fully saturated rings. The Labute approximate surface area is 247 Å². The van der Waals surface area contributed by atoms with Crippen LogP contribution in [0.3, 0.4) is 0 Å². The number of carbonyl (C=O) groups excluding carboxylic acids is 2. The molecule has 0 aliphatic heterocycles. The van der Waals surface area contributed by atoms with Gasteiger partial charge in [0.1, 0.15) is 12.7 Å². The van der Waals surface area contributed by atoms with Crippen molar-refractivity contribution in [1.29, 1.82) is 0 Å². The molecule has 0 aromatic carbocycles. The first-order chi connectivity index (χ1) is 19.8. The van der Waals surface area contributed by atoms with Gasteiger partial charge in [0.2, 0.25) is 5.91 Å². The topological polar surface area (TPSA) is 131 Å². The first kappa shape index (κ1) is 38.7. The zero-order chi connectivity index (χ0) is 30.4. The Morgan fingerprint density at radius 1 is 0.780 bits per heavy atom. The van der Waals surface area contributed by atoms with Crippen molar-refractivity contribution >= 4 is 19.7 Å². The van der Waals surface area contributed by atoms with E-state index in [1.54, 1.807) is 0 Å². The Bertz CT molecular complexity index is 866. The highest BCUT2D eigenvalue weighted by molar-refractivity contribution is 7.47. The molecule has 0 aromatic heterocycles.